The maximum absolute atomic E-state index is 14.7. The largest absolute Gasteiger partial charge is 0.481 e. The van der Waals surface area contributed by atoms with Crippen LogP contribution in [0.15, 0.2) is 35.6 Å². The Balaban J connectivity index is 1.44. The minimum Gasteiger partial charge on any atom is -0.481 e. The molecule has 37 heavy (non-hydrogen) atoms. The zero-order chi connectivity index (χ0) is 26.4. The summed E-state index contributed by atoms with van der Waals surface area (Å²) >= 11 is 0. The van der Waals surface area contributed by atoms with E-state index in [0.717, 1.165) is 25.8 Å². The third-order valence-electron chi connectivity index (χ3n) is 7.68. The molecule has 10 nitrogen and oxygen atoms in total. The van der Waals surface area contributed by atoms with Crippen molar-refractivity contribution in [2.45, 2.75) is 49.7 Å². The van der Waals surface area contributed by atoms with Crippen molar-refractivity contribution >= 4 is 21.7 Å². The number of pyridine rings is 1. The fourth-order valence-corrected chi connectivity index (χ4v) is 6.50. The second kappa shape index (κ2) is 9.66. The number of aromatic nitrogens is 4. The van der Waals surface area contributed by atoms with Crippen LogP contribution in [0.4, 0.5) is 16.0 Å². The maximum atomic E-state index is 14.7. The summed E-state index contributed by atoms with van der Waals surface area (Å²) in [5.41, 5.74) is 2.68. The van der Waals surface area contributed by atoms with Crippen LogP contribution in [0.5, 0.6) is 5.88 Å². The molecule has 3 aromatic rings. The van der Waals surface area contributed by atoms with E-state index in [1.54, 1.807) is 18.3 Å². The van der Waals surface area contributed by atoms with Gasteiger partial charge in [0.25, 0.3) is 15.2 Å². The molecule has 0 aliphatic carbocycles. The second-order valence-corrected chi connectivity index (χ2v) is 11.9. The van der Waals surface area contributed by atoms with Gasteiger partial charge in [-0.25, -0.2) is 17.8 Å². The topological polar surface area (TPSA) is 116 Å². The van der Waals surface area contributed by atoms with Crippen molar-refractivity contribution in [3.63, 3.8) is 0 Å². The van der Waals surface area contributed by atoms with Crippen LogP contribution in [-0.2, 0) is 10.0 Å². The summed E-state index contributed by atoms with van der Waals surface area (Å²) in [7, 11) is -0.219. The Kier molecular flexibility index (Phi) is 6.67. The van der Waals surface area contributed by atoms with Crippen molar-refractivity contribution in [2.24, 2.45) is 0 Å². The van der Waals surface area contributed by atoms with Crippen molar-refractivity contribution in [1.29, 1.82) is 0 Å². The van der Waals surface area contributed by atoms with Crippen molar-refractivity contribution in [1.82, 2.24) is 29.4 Å². The average Bonchev–Trinajstić information content (AvgIpc) is 3.38. The van der Waals surface area contributed by atoms with Gasteiger partial charge in [0.1, 0.15) is 5.82 Å². The van der Waals surface area contributed by atoms with E-state index in [1.165, 1.54) is 23.5 Å². The van der Waals surface area contributed by atoms with Gasteiger partial charge in [-0.15, -0.1) is 10.2 Å². The molecule has 0 radical (unpaired) electrons. The standard InChI is InChI=1S/C25H32FN7O3S/c1-16(2)19-14-18(26)15-20(17-5-9-27-21(13-17)36-4)22(19)28-23-29-24(31-30-23)37(34,35)33-11-7-25(8-12-33)6-10-32(25)3/h5,9,13-16H,6-8,10-12H2,1-4H3,(H2,28,29,30,31). The summed E-state index contributed by atoms with van der Waals surface area (Å²) in [6.07, 6.45) is 4.29. The first kappa shape index (κ1) is 25.6. The Morgan fingerprint density at radius 3 is 2.49 bits per heavy atom. The van der Waals surface area contributed by atoms with E-state index in [0.29, 0.717) is 41.3 Å². The number of H-pyrrole nitrogens is 1. The van der Waals surface area contributed by atoms with E-state index in [2.05, 4.69) is 37.4 Å². The molecule has 1 spiro atoms. The third kappa shape index (κ3) is 4.69. The number of halogens is 1. The lowest BCUT2D eigenvalue weighted by atomic mass is 9.77. The van der Waals surface area contributed by atoms with Crippen molar-refractivity contribution in [2.75, 3.05) is 39.1 Å². The highest BCUT2D eigenvalue weighted by atomic mass is 32.2. The first-order valence-corrected chi connectivity index (χ1v) is 13.8. The van der Waals surface area contributed by atoms with Crippen molar-refractivity contribution in [3.05, 3.63) is 41.8 Å². The number of methoxy groups -OCH3 is 1. The maximum Gasteiger partial charge on any atom is 0.278 e. The lowest BCUT2D eigenvalue weighted by Crippen LogP contribution is -2.62. The van der Waals surface area contributed by atoms with Crippen LogP contribution in [-0.4, -0.2) is 77.1 Å². The molecule has 2 aromatic heterocycles. The first-order valence-electron chi connectivity index (χ1n) is 12.4. The van der Waals surface area contributed by atoms with E-state index in [1.807, 2.05) is 13.8 Å². The predicted molar refractivity (Wildman–Crippen MR) is 138 cm³/mol. The smallest absolute Gasteiger partial charge is 0.278 e. The molecule has 2 fully saturated rings. The molecule has 5 rings (SSSR count). The van der Waals surface area contributed by atoms with Crippen LogP contribution < -0.4 is 10.1 Å². The summed E-state index contributed by atoms with van der Waals surface area (Å²) in [6, 6.07) is 6.34. The quantitative estimate of drug-likeness (QED) is 0.476. The highest BCUT2D eigenvalue weighted by Crippen LogP contribution is 2.40. The van der Waals surface area contributed by atoms with Gasteiger partial charge in [-0.05, 0) is 61.6 Å². The van der Waals surface area contributed by atoms with Gasteiger partial charge in [0.2, 0.25) is 11.8 Å². The molecule has 2 N–H and O–H groups in total. The number of piperidine rings is 1. The van der Waals surface area contributed by atoms with Gasteiger partial charge in [-0.3, -0.25) is 4.98 Å². The number of hydrogen-bond donors (Lipinski definition) is 2. The summed E-state index contributed by atoms with van der Waals surface area (Å²) in [5.74, 6) is 0.128. The molecule has 1 aromatic carbocycles. The number of hydrogen-bond acceptors (Lipinski definition) is 8. The van der Waals surface area contributed by atoms with E-state index < -0.39 is 10.0 Å². The van der Waals surface area contributed by atoms with Crippen LogP contribution in [0.2, 0.25) is 0 Å². The molecule has 2 aliphatic heterocycles. The molecule has 0 saturated carbocycles. The Bertz CT molecular complexity index is 1400. The zero-order valence-corrected chi connectivity index (χ0v) is 22.3. The van der Waals surface area contributed by atoms with Crippen molar-refractivity contribution in [3.8, 4) is 17.0 Å². The van der Waals surface area contributed by atoms with Crippen LogP contribution in [0.25, 0.3) is 11.1 Å². The number of sulfonamides is 1. The van der Waals surface area contributed by atoms with Crippen molar-refractivity contribution < 1.29 is 17.5 Å². The molecule has 4 heterocycles. The van der Waals surface area contributed by atoms with Gasteiger partial charge in [0.15, 0.2) is 0 Å². The Labute approximate surface area is 216 Å². The van der Waals surface area contributed by atoms with Gasteiger partial charge >= 0.3 is 0 Å². The van der Waals surface area contributed by atoms with Gasteiger partial charge in [0, 0.05) is 43.0 Å². The molecular weight excluding hydrogens is 497 g/mol. The normalized spacial score (nSPS) is 18.2. The molecule has 2 saturated heterocycles. The van der Waals surface area contributed by atoms with Crippen LogP contribution in [0, 0.1) is 5.82 Å². The van der Waals surface area contributed by atoms with Crippen LogP contribution in [0.1, 0.15) is 44.6 Å². The lowest BCUT2D eigenvalue weighted by Gasteiger charge is -2.54. The molecule has 2 aliphatic rings. The van der Waals surface area contributed by atoms with Gasteiger partial charge in [0.05, 0.1) is 12.8 Å². The Hall–Kier alpha value is -3.09. The molecule has 0 amide bonds. The highest BCUT2D eigenvalue weighted by Gasteiger charge is 2.46. The summed E-state index contributed by atoms with van der Waals surface area (Å²) < 4.78 is 48.0. The van der Waals surface area contributed by atoms with Gasteiger partial charge in [-0.2, -0.15) is 4.31 Å². The van der Waals surface area contributed by atoms with Gasteiger partial charge in [-0.1, -0.05) is 13.8 Å². The fourth-order valence-electron chi connectivity index (χ4n) is 5.22. The number of nitrogens with zero attached hydrogens (tertiary/aromatic N) is 5. The van der Waals surface area contributed by atoms with Crippen LogP contribution >= 0.6 is 0 Å². The molecule has 0 unspecified atom stereocenters. The zero-order valence-electron chi connectivity index (χ0n) is 21.5. The molecule has 198 valence electrons. The third-order valence-corrected chi connectivity index (χ3v) is 9.40. The number of likely N-dealkylation sites (tertiary alicyclic amines) is 1. The monoisotopic (exact) mass is 529 g/mol. The summed E-state index contributed by atoms with van der Waals surface area (Å²) in [6.45, 7) is 5.85. The second-order valence-electron chi connectivity index (χ2n) is 10.1. The van der Waals surface area contributed by atoms with E-state index in [4.69, 9.17) is 4.74 Å². The lowest BCUT2D eigenvalue weighted by molar-refractivity contribution is -0.0264. The molecule has 12 heteroatoms. The average molecular weight is 530 g/mol. The number of ether oxygens (including phenoxy) is 1. The highest BCUT2D eigenvalue weighted by molar-refractivity contribution is 7.88. The van der Waals surface area contributed by atoms with Crippen LogP contribution in [0.3, 0.4) is 0 Å². The number of rotatable bonds is 7. The summed E-state index contributed by atoms with van der Waals surface area (Å²) in [5, 5.41) is 11.0. The SMILES string of the molecule is COc1cc(-c2cc(F)cc(C(C)C)c2Nc2nnc(S(=O)(=O)N3CCC4(CCN4C)CC3)[nH]2)ccn1. The summed E-state index contributed by atoms with van der Waals surface area (Å²) in [4.78, 5) is 9.29. The molecule has 0 bridgehead atoms. The first-order chi connectivity index (χ1) is 17.6. The minimum atomic E-state index is -3.83. The number of nitrogens with one attached hydrogen (secondary N) is 2. The molecular formula is C25H32FN7O3S. The minimum absolute atomic E-state index is 0.0304. The van der Waals surface area contributed by atoms with E-state index >= 15 is 0 Å². The van der Waals surface area contributed by atoms with Gasteiger partial charge < -0.3 is 15.0 Å². The van der Waals surface area contributed by atoms with E-state index in [-0.39, 0.29) is 28.4 Å². The fraction of sp³-hybridized carbons (Fsp3) is 0.480. The van der Waals surface area contributed by atoms with E-state index in [9.17, 15) is 12.8 Å². The number of benzene rings is 1. The predicted octanol–water partition coefficient (Wildman–Crippen LogP) is 3.74. The Morgan fingerprint density at radius 2 is 1.86 bits per heavy atom. The number of anilines is 2. The number of aromatic amines is 1. The Morgan fingerprint density at radius 1 is 1.14 bits per heavy atom. The molecule has 0 atom stereocenters.